The Morgan fingerprint density at radius 1 is 1.11 bits per heavy atom. The summed E-state index contributed by atoms with van der Waals surface area (Å²) in [5.74, 6) is -1.24. The molecule has 0 saturated carbocycles. The average molecular weight is 682 g/mol. The van der Waals surface area contributed by atoms with Gasteiger partial charge < -0.3 is 19.2 Å². The number of carbonyl (C=O) groups excluding carboxylic acids is 4. The summed E-state index contributed by atoms with van der Waals surface area (Å²) in [6, 6.07) is 12.1. The molecule has 0 spiro atoms. The van der Waals surface area contributed by atoms with E-state index < -0.39 is 23.5 Å². The molecule has 11 heteroatoms. The maximum Gasteiger partial charge on any atom is 0.355 e. The van der Waals surface area contributed by atoms with Gasteiger partial charge in [0.2, 0.25) is 5.91 Å². The van der Waals surface area contributed by atoms with E-state index in [-0.39, 0.29) is 42.4 Å². The minimum absolute atomic E-state index is 0.00675. The molecule has 6 rings (SSSR count). The number of aromatic amines is 1. The molecule has 1 N–H and O–H groups in total. The lowest BCUT2D eigenvalue weighted by Crippen LogP contribution is -2.62. The van der Waals surface area contributed by atoms with Crippen molar-refractivity contribution in [2.24, 2.45) is 5.92 Å². The molecule has 3 aromatic rings. The summed E-state index contributed by atoms with van der Waals surface area (Å²) in [4.78, 5) is 55.7. The highest BCUT2D eigenvalue weighted by Gasteiger charge is 2.54. The molecule has 2 aromatic carbocycles. The number of fused-ring (bicyclic) bond motifs is 6. The molecule has 1 aromatic heterocycles. The molecular formula is C33H33BrN2O7S. The predicted octanol–water partition coefficient (Wildman–Crippen LogP) is 5.72. The van der Waals surface area contributed by atoms with Crippen molar-refractivity contribution in [3.8, 4) is 17.0 Å². The Morgan fingerprint density at radius 3 is 2.66 bits per heavy atom. The lowest BCUT2D eigenvalue weighted by atomic mass is 9.89. The first kappa shape index (κ1) is 30.5. The van der Waals surface area contributed by atoms with Crippen molar-refractivity contribution in [2.45, 2.75) is 57.9 Å². The Hall–Kier alpha value is -3.57. The minimum Gasteiger partial charge on any atom is -0.486 e. The number of ether oxygens (including phenoxy) is 3. The van der Waals surface area contributed by atoms with E-state index in [1.54, 1.807) is 20.8 Å². The zero-order valence-electron chi connectivity index (χ0n) is 25.0. The van der Waals surface area contributed by atoms with E-state index in [4.69, 9.17) is 14.2 Å². The second kappa shape index (κ2) is 11.7. The molecule has 3 heterocycles. The molecule has 230 valence electrons. The van der Waals surface area contributed by atoms with Gasteiger partial charge in [-0.3, -0.25) is 19.3 Å². The van der Waals surface area contributed by atoms with Crippen LogP contribution in [0.15, 0.2) is 52.1 Å². The molecular weight excluding hydrogens is 648 g/mol. The molecule has 0 radical (unpaired) electrons. The zero-order chi connectivity index (χ0) is 31.3. The van der Waals surface area contributed by atoms with Crippen LogP contribution >= 0.6 is 27.7 Å². The SMILES string of the molecule is CC(=O)OCC1=C(C(=O)OC(C)(C)C)N2C(=O)C(CC(=O)COc3ccc4c(c3)CCc3c-4[nH]c4ccc(Br)cc34)C2SC1. The fraction of sp³-hybridized carbons (Fsp3) is 0.394. The van der Waals surface area contributed by atoms with Gasteiger partial charge in [-0.25, -0.2) is 4.79 Å². The van der Waals surface area contributed by atoms with Crippen molar-refractivity contribution < 1.29 is 33.4 Å². The molecule has 1 saturated heterocycles. The Labute approximate surface area is 267 Å². The van der Waals surface area contributed by atoms with Crippen LogP contribution in [0, 0.1) is 5.92 Å². The number of esters is 2. The van der Waals surface area contributed by atoms with Gasteiger partial charge in [-0.1, -0.05) is 15.9 Å². The number of nitrogens with zero attached hydrogens (tertiary/aromatic N) is 1. The van der Waals surface area contributed by atoms with E-state index in [9.17, 15) is 19.2 Å². The number of H-pyrrole nitrogens is 1. The van der Waals surface area contributed by atoms with Crippen LogP contribution in [0.3, 0.4) is 0 Å². The third-order valence-electron chi connectivity index (χ3n) is 7.91. The van der Waals surface area contributed by atoms with Gasteiger partial charge in [0.1, 0.15) is 30.3 Å². The summed E-state index contributed by atoms with van der Waals surface area (Å²) >= 11 is 5.01. The number of aryl methyl sites for hydroxylation is 2. The second-order valence-electron chi connectivity index (χ2n) is 12.3. The quantitative estimate of drug-likeness (QED) is 0.237. The topological polar surface area (TPSA) is 115 Å². The lowest BCUT2D eigenvalue weighted by molar-refractivity contribution is -0.161. The molecule has 3 aliphatic rings. The normalized spacial score (nSPS) is 19.1. The zero-order valence-corrected chi connectivity index (χ0v) is 27.4. The van der Waals surface area contributed by atoms with Crippen LogP contribution in [0.4, 0.5) is 0 Å². The van der Waals surface area contributed by atoms with Gasteiger partial charge in [0.05, 0.1) is 11.3 Å². The van der Waals surface area contributed by atoms with E-state index in [0.29, 0.717) is 17.1 Å². The second-order valence-corrected chi connectivity index (χ2v) is 14.3. The molecule has 9 nitrogen and oxygen atoms in total. The third-order valence-corrected chi connectivity index (χ3v) is 9.79. The first-order valence-electron chi connectivity index (χ1n) is 14.5. The van der Waals surface area contributed by atoms with Crippen LogP contribution < -0.4 is 4.74 Å². The number of hydrogen-bond donors (Lipinski definition) is 1. The summed E-state index contributed by atoms with van der Waals surface area (Å²) in [6.45, 7) is 6.25. The maximum absolute atomic E-state index is 13.3. The molecule has 1 aliphatic carbocycles. The number of thioether (sulfide) groups is 1. The average Bonchev–Trinajstić information content (AvgIpc) is 3.34. The molecule has 2 unspecified atom stereocenters. The van der Waals surface area contributed by atoms with Gasteiger partial charge in [0.25, 0.3) is 0 Å². The highest BCUT2D eigenvalue weighted by atomic mass is 79.9. The number of aromatic nitrogens is 1. The summed E-state index contributed by atoms with van der Waals surface area (Å²) in [7, 11) is 0. The monoisotopic (exact) mass is 680 g/mol. The number of rotatable bonds is 8. The van der Waals surface area contributed by atoms with Gasteiger partial charge in [0, 0.05) is 51.3 Å². The number of amides is 1. The third kappa shape index (κ3) is 5.91. The number of nitrogens with one attached hydrogen (secondary N) is 1. The van der Waals surface area contributed by atoms with Crippen molar-refractivity contribution >= 4 is 62.2 Å². The van der Waals surface area contributed by atoms with Crippen LogP contribution in [-0.4, -0.2) is 63.5 Å². The fourth-order valence-corrected chi connectivity index (χ4v) is 7.74. The Morgan fingerprint density at radius 2 is 1.91 bits per heavy atom. The van der Waals surface area contributed by atoms with Gasteiger partial charge >= 0.3 is 11.9 Å². The number of carbonyl (C=O) groups is 4. The summed E-state index contributed by atoms with van der Waals surface area (Å²) in [5.41, 5.74) is 5.66. The van der Waals surface area contributed by atoms with E-state index in [1.165, 1.54) is 34.5 Å². The summed E-state index contributed by atoms with van der Waals surface area (Å²) in [6.07, 6.45) is 1.78. The first-order chi connectivity index (χ1) is 20.9. The lowest BCUT2D eigenvalue weighted by Gasteiger charge is -2.50. The van der Waals surface area contributed by atoms with Crippen LogP contribution in [0.2, 0.25) is 0 Å². The van der Waals surface area contributed by atoms with Crippen LogP contribution in [0.1, 0.15) is 45.2 Å². The minimum atomic E-state index is -0.775. The highest BCUT2D eigenvalue weighted by molar-refractivity contribution is 9.10. The first-order valence-corrected chi connectivity index (χ1v) is 16.3. The maximum atomic E-state index is 13.3. The number of benzene rings is 2. The Kier molecular flexibility index (Phi) is 8.13. The molecule has 44 heavy (non-hydrogen) atoms. The van der Waals surface area contributed by atoms with E-state index in [2.05, 4.69) is 33.0 Å². The summed E-state index contributed by atoms with van der Waals surface area (Å²) in [5, 5.41) is 0.838. The summed E-state index contributed by atoms with van der Waals surface area (Å²) < 4.78 is 17.6. The van der Waals surface area contributed by atoms with Crippen molar-refractivity contribution in [1.82, 2.24) is 9.88 Å². The number of hydrogen-bond acceptors (Lipinski definition) is 8. The highest BCUT2D eigenvalue weighted by Crippen LogP contribution is 2.46. The molecule has 2 atom stereocenters. The molecule has 1 amide bonds. The molecule has 2 aliphatic heterocycles. The smallest absolute Gasteiger partial charge is 0.355 e. The number of ketones is 1. The number of β-lactam (4-membered cyclic amide) rings is 1. The van der Waals surface area contributed by atoms with Gasteiger partial charge in [-0.05, 0) is 81.1 Å². The van der Waals surface area contributed by atoms with Crippen molar-refractivity contribution in [2.75, 3.05) is 19.0 Å². The largest absolute Gasteiger partial charge is 0.486 e. The van der Waals surface area contributed by atoms with Crippen LogP contribution in [-0.2, 0) is 41.5 Å². The van der Waals surface area contributed by atoms with Crippen LogP contribution in [0.5, 0.6) is 5.75 Å². The molecule has 0 bridgehead atoms. The Balaban J connectivity index is 1.10. The van der Waals surface area contributed by atoms with E-state index in [0.717, 1.165) is 39.7 Å². The van der Waals surface area contributed by atoms with Crippen molar-refractivity contribution in [3.05, 3.63) is 63.3 Å². The van der Waals surface area contributed by atoms with Gasteiger partial charge in [-0.15, -0.1) is 11.8 Å². The van der Waals surface area contributed by atoms with E-state index >= 15 is 0 Å². The van der Waals surface area contributed by atoms with E-state index in [1.807, 2.05) is 24.3 Å². The number of halogens is 1. The molecule has 1 fully saturated rings. The Bertz CT molecular complexity index is 1740. The van der Waals surface area contributed by atoms with Crippen LogP contribution in [0.25, 0.3) is 22.2 Å². The van der Waals surface area contributed by atoms with Gasteiger partial charge in [0.15, 0.2) is 5.78 Å². The van der Waals surface area contributed by atoms with Crippen molar-refractivity contribution in [1.29, 1.82) is 0 Å². The fourth-order valence-electron chi connectivity index (χ4n) is 5.98. The number of Topliss-reactive ketones (excluding diaryl/α,β-unsaturated/α-hetero) is 1. The van der Waals surface area contributed by atoms with Crippen molar-refractivity contribution in [3.63, 3.8) is 0 Å². The standard InChI is InChI=1S/C33H33BrN2O7S/c1-17(37)41-14-19-16-44-31-26(30(39)36(31)29(19)32(40)43-33(2,3)4)13-21(38)15-42-22-7-9-23-18(11-22)5-8-24-25-12-20(34)6-10-27(25)35-28(23)24/h6-7,9-12,26,31,35H,5,8,13-16H2,1-4H3. The predicted molar refractivity (Wildman–Crippen MR) is 170 cm³/mol. The van der Waals surface area contributed by atoms with Gasteiger partial charge in [-0.2, -0.15) is 0 Å².